The molecule has 0 spiro atoms. The molecule has 2 rings (SSSR count). The summed E-state index contributed by atoms with van der Waals surface area (Å²) in [4.78, 5) is 18.0. The molecule has 0 bridgehead atoms. The van der Waals surface area contributed by atoms with Crippen molar-refractivity contribution < 1.29 is 4.79 Å². The van der Waals surface area contributed by atoms with E-state index in [0.717, 1.165) is 15.2 Å². The Morgan fingerprint density at radius 1 is 1.37 bits per heavy atom. The maximum absolute atomic E-state index is 12.0. The zero-order valence-electron chi connectivity index (χ0n) is 10.6. The first-order valence-corrected chi connectivity index (χ1v) is 8.51. The van der Waals surface area contributed by atoms with E-state index in [1.165, 1.54) is 35.1 Å². The summed E-state index contributed by atoms with van der Waals surface area (Å²) >= 11 is 4.27. The number of hydrogen-bond donors (Lipinski definition) is 0. The third-order valence-electron chi connectivity index (χ3n) is 2.41. The lowest BCUT2D eigenvalue weighted by molar-refractivity contribution is -0.115. The van der Waals surface area contributed by atoms with Crippen LogP contribution in [0.5, 0.6) is 0 Å². The monoisotopic (exact) mass is 311 g/mol. The molecule has 0 aliphatic rings. The Labute approximate surface area is 124 Å². The zero-order valence-corrected chi connectivity index (χ0v) is 13.0. The van der Waals surface area contributed by atoms with Gasteiger partial charge in [0, 0.05) is 12.7 Å². The van der Waals surface area contributed by atoms with Gasteiger partial charge in [-0.1, -0.05) is 41.7 Å². The second-order valence-corrected chi connectivity index (χ2v) is 6.37. The van der Waals surface area contributed by atoms with Gasteiger partial charge in [0.05, 0.1) is 5.75 Å². The number of carbonyl (C=O) groups is 1. The largest absolute Gasteiger partial charge is 0.315 e. The van der Waals surface area contributed by atoms with Gasteiger partial charge in [-0.05, 0) is 29.9 Å². The van der Waals surface area contributed by atoms with Gasteiger partial charge in [-0.2, -0.15) is 4.37 Å². The Hall–Kier alpha value is -1.05. The van der Waals surface area contributed by atoms with Crippen molar-refractivity contribution in [2.24, 2.45) is 0 Å². The van der Waals surface area contributed by atoms with Crippen molar-refractivity contribution in [3.63, 3.8) is 0 Å². The molecular weight excluding hydrogens is 298 g/mol. The lowest BCUT2D eigenvalue weighted by atomic mass is 10.3. The summed E-state index contributed by atoms with van der Waals surface area (Å²) in [6.07, 6.45) is 1.94. The van der Waals surface area contributed by atoms with Crippen molar-refractivity contribution in [1.29, 1.82) is 0 Å². The van der Waals surface area contributed by atoms with Gasteiger partial charge in [0.15, 0.2) is 4.34 Å². The fourth-order valence-corrected chi connectivity index (χ4v) is 3.48. The van der Waals surface area contributed by atoms with Crippen molar-refractivity contribution >= 4 is 46.7 Å². The van der Waals surface area contributed by atoms with Crippen LogP contribution >= 0.6 is 35.1 Å². The molecule has 0 saturated carbocycles. The maximum atomic E-state index is 12.0. The number of benzene rings is 1. The molecule has 19 heavy (non-hydrogen) atoms. The lowest BCUT2D eigenvalue weighted by Gasteiger charge is -2.16. The molecule has 0 N–H and O–H groups in total. The quantitative estimate of drug-likeness (QED) is 0.794. The first kappa shape index (κ1) is 14.4. The Bertz CT molecular complexity index is 544. The molecule has 0 aliphatic carbocycles. The molecule has 100 valence electrons. The molecule has 4 nitrogen and oxygen atoms in total. The molecule has 0 unspecified atom stereocenters. The summed E-state index contributed by atoms with van der Waals surface area (Å²) in [6, 6.07) is 9.60. The van der Waals surface area contributed by atoms with Crippen LogP contribution in [-0.4, -0.2) is 34.3 Å². The van der Waals surface area contributed by atoms with Gasteiger partial charge < -0.3 is 4.90 Å². The number of anilines is 1. The highest BCUT2D eigenvalue weighted by Gasteiger charge is 2.12. The first-order valence-electron chi connectivity index (χ1n) is 5.53. The van der Waals surface area contributed by atoms with Crippen LogP contribution in [0.2, 0.25) is 0 Å². The topological polar surface area (TPSA) is 46.1 Å². The van der Waals surface area contributed by atoms with Gasteiger partial charge >= 0.3 is 0 Å². The minimum atomic E-state index is 0.0529. The first-order chi connectivity index (χ1) is 9.20. The molecule has 0 atom stereocenters. The average molecular weight is 311 g/mol. The fraction of sp³-hybridized carbons (Fsp3) is 0.250. The van der Waals surface area contributed by atoms with Gasteiger partial charge in [0.2, 0.25) is 11.1 Å². The number of para-hydroxylation sites is 1. The predicted octanol–water partition coefficient (Wildman–Crippen LogP) is 3.02. The van der Waals surface area contributed by atoms with Crippen LogP contribution in [-0.2, 0) is 4.79 Å². The number of hydrogen-bond acceptors (Lipinski definition) is 6. The standard InChI is InChI=1S/C12H13N3OS3/c1-15(9-6-4-3-5-7-9)10(16)8-18-12-13-11(17-2)14-19-12/h3-7H,8H2,1-2H3. The molecular formula is C12H13N3OS3. The Morgan fingerprint density at radius 3 is 2.74 bits per heavy atom. The van der Waals surface area contributed by atoms with Gasteiger partial charge in [-0.3, -0.25) is 4.79 Å². The highest BCUT2D eigenvalue weighted by molar-refractivity contribution is 8.01. The minimum absolute atomic E-state index is 0.0529. The van der Waals surface area contributed by atoms with Crippen molar-refractivity contribution in [1.82, 2.24) is 9.36 Å². The van der Waals surface area contributed by atoms with E-state index in [2.05, 4.69) is 9.36 Å². The van der Waals surface area contributed by atoms with Crippen molar-refractivity contribution in [3.05, 3.63) is 30.3 Å². The molecule has 1 amide bonds. The predicted molar refractivity (Wildman–Crippen MR) is 82.3 cm³/mol. The molecule has 7 heteroatoms. The molecule has 2 aromatic rings. The van der Waals surface area contributed by atoms with E-state index in [1.54, 1.807) is 11.9 Å². The maximum Gasteiger partial charge on any atom is 0.237 e. The van der Waals surface area contributed by atoms with E-state index >= 15 is 0 Å². The number of rotatable bonds is 5. The molecule has 0 saturated heterocycles. The van der Waals surface area contributed by atoms with Crippen LogP contribution in [0.4, 0.5) is 5.69 Å². The highest BCUT2D eigenvalue weighted by atomic mass is 32.2. The summed E-state index contributed by atoms with van der Waals surface area (Å²) in [5.74, 6) is 0.422. The van der Waals surface area contributed by atoms with Crippen LogP contribution in [0.25, 0.3) is 0 Å². The molecule has 1 aromatic heterocycles. The molecule has 0 fully saturated rings. The third kappa shape index (κ3) is 3.95. The van der Waals surface area contributed by atoms with E-state index < -0.39 is 0 Å². The van der Waals surface area contributed by atoms with Crippen LogP contribution in [0.1, 0.15) is 0 Å². The molecule has 1 aromatic carbocycles. The fourth-order valence-electron chi connectivity index (χ4n) is 1.35. The van der Waals surface area contributed by atoms with E-state index in [0.29, 0.717) is 5.75 Å². The number of aromatic nitrogens is 2. The van der Waals surface area contributed by atoms with Gasteiger partial charge in [0.1, 0.15) is 0 Å². The number of amides is 1. The average Bonchev–Trinajstić information content (AvgIpc) is 2.93. The number of thioether (sulfide) groups is 2. The SMILES string of the molecule is CSc1nsc(SCC(=O)N(C)c2ccccc2)n1. The number of nitrogens with zero attached hydrogens (tertiary/aromatic N) is 3. The summed E-state index contributed by atoms with van der Waals surface area (Å²) in [6.45, 7) is 0. The Balaban J connectivity index is 1.91. The Morgan fingerprint density at radius 2 is 2.11 bits per heavy atom. The molecule has 1 heterocycles. The zero-order chi connectivity index (χ0) is 13.7. The van der Waals surface area contributed by atoms with Crippen LogP contribution in [0.15, 0.2) is 39.8 Å². The van der Waals surface area contributed by atoms with E-state index in [4.69, 9.17) is 0 Å². The summed E-state index contributed by atoms with van der Waals surface area (Å²) in [5, 5.41) is 0.761. The van der Waals surface area contributed by atoms with E-state index in [-0.39, 0.29) is 5.91 Å². The normalized spacial score (nSPS) is 10.4. The smallest absolute Gasteiger partial charge is 0.237 e. The van der Waals surface area contributed by atoms with Gasteiger partial charge in [0.25, 0.3) is 0 Å². The molecule has 0 aliphatic heterocycles. The lowest BCUT2D eigenvalue weighted by Crippen LogP contribution is -2.27. The second kappa shape index (κ2) is 6.93. The minimum Gasteiger partial charge on any atom is -0.315 e. The highest BCUT2D eigenvalue weighted by Crippen LogP contribution is 2.24. The van der Waals surface area contributed by atoms with Crippen LogP contribution in [0, 0.1) is 0 Å². The summed E-state index contributed by atoms with van der Waals surface area (Å²) in [5.41, 5.74) is 0.898. The third-order valence-corrected chi connectivity index (χ3v) is 4.89. The van der Waals surface area contributed by atoms with Crippen molar-refractivity contribution in [2.45, 2.75) is 9.50 Å². The number of carbonyl (C=O) groups excluding carboxylic acids is 1. The summed E-state index contributed by atoms with van der Waals surface area (Å²) < 4.78 is 5.00. The Kier molecular flexibility index (Phi) is 5.24. The van der Waals surface area contributed by atoms with E-state index in [1.807, 2.05) is 36.6 Å². The van der Waals surface area contributed by atoms with Crippen molar-refractivity contribution in [2.75, 3.05) is 24.0 Å². The van der Waals surface area contributed by atoms with Crippen LogP contribution in [0.3, 0.4) is 0 Å². The van der Waals surface area contributed by atoms with E-state index in [9.17, 15) is 4.79 Å². The molecule has 0 radical (unpaired) electrons. The van der Waals surface area contributed by atoms with Crippen LogP contribution < -0.4 is 4.90 Å². The van der Waals surface area contributed by atoms with Gasteiger partial charge in [-0.15, -0.1) is 0 Å². The van der Waals surface area contributed by atoms with Gasteiger partial charge in [-0.25, -0.2) is 4.98 Å². The second-order valence-electron chi connectivity index (χ2n) is 3.62. The summed E-state index contributed by atoms with van der Waals surface area (Å²) in [7, 11) is 1.78. The van der Waals surface area contributed by atoms with Crippen molar-refractivity contribution in [3.8, 4) is 0 Å².